The standard InChI is InChI=1S/C26H22ClNO7/c1-15-6-3-8-17(12-15)25(32)34-21(23(29)28-20-11-5-10-19(27)14-20)22(24(30)31)35-26(33)18-9-4-7-16(2)13-18/h3-14,21-22H,1-2H3,(H,28,29)(H,30,31)/t21-,22+/m1/s1. The van der Waals surface area contributed by atoms with Gasteiger partial charge < -0.3 is 19.9 Å². The Morgan fingerprint density at radius 2 is 1.29 bits per heavy atom. The molecule has 35 heavy (non-hydrogen) atoms. The van der Waals surface area contributed by atoms with Gasteiger partial charge in [0, 0.05) is 10.7 Å². The molecule has 2 N–H and O–H groups in total. The summed E-state index contributed by atoms with van der Waals surface area (Å²) in [5.41, 5.74) is 1.90. The largest absolute Gasteiger partial charge is 0.478 e. The predicted molar refractivity (Wildman–Crippen MR) is 128 cm³/mol. The van der Waals surface area contributed by atoms with Crippen LogP contribution in [0.15, 0.2) is 72.8 Å². The van der Waals surface area contributed by atoms with E-state index in [0.29, 0.717) is 5.02 Å². The molecule has 0 aromatic heterocycles. The van der Waals surface area contributed by atoms with Gasteiger partial charge in [-0.1, -0.05) is 53.1 Å². The minimum absolute atomic E-state index is 0.0789. The number of halogens is 1. The zero-order valence-electron chi connectivity index (χ0n) is 18.9. The highest BCUT2D eigenvalue weighted by atomic mass is 35.5. The number of anilines is 1. The number of aryl methyl sites for hydroxylation is 2. The molecule has 0 fully saturated rings. The summed E-state index contributed by atoms with van der Waals surface area (Å²) in [6.45, 7) is 3.50. The SMILES string of the molecule is Cc1cccc(C(=O)O[C@H](C(=O)O)[C@@H](OC(=O)c2cccc(C)c2)C(=O)Nc2cccc(Cl)c2)c1. The van der Waals surface area contributed by atoms with Crippen LogP contribution in [0.3, 0.4) is 0 Å². The van der Waals surface area contributed by atoms with Gasteiger partial charge in [-0.05, 0) is 56.3 Å². The molecule has 0 heterocycles. The number of carbonyl (C=O) groups is 4. The second-order valence-electron chi connectivity index (χ2n) is 7.73. The van der Waals surface area contributed by atoms with E-state index in [-0.39, 0.29) is 16.8 Å². The molecule has 1 amide bonds. The first-order chi connectivity index (χ1) is 16.6. The Morgan fingerprint density at radius 3 is 1.77 bits per heavy atom. The summed E-state index contributed by atoms with van der Waals surface area (Å²) < 4.78 is 10.5. The van der Waals surface area contributed by atoms with Crippen LogP contribution in [0.2, 0.25) is 5.02 Å². The molecule has 0 aliphatic heterocycles. The fourth-order valence-corrected chi connectivity index (χ4v) is 3.38. The van der Waals surface area contributed by atoms with E-state index in [1.165, 1.54) is 36.4 Å². The molecule has 3 rings (SSSR count). The van der Waals surface area contributed by atoms with Crippen molar-refractivity contribution in [2.24, 2.45) is 0 Å². The van der Waals surface area contributed by atoms with E-state index in [2.05, 4.69) is 5.32 Å². The van der Waals surface area contributed by atoms with Crippen LogP contribution in [-0.4, -0.2) is 41.1 Å². The molecule has 8 nitrogen and oxygen atoms in total. The highest BCUT2D eigenvalue weighted by molar-refractivity contribution is 6.30. The predicted octanol–water partition coefficient (Wildman–Crippen LogP) is 4.43. The Morgan fingerprint density at radius 1 is 0.771 bits per heavy atom. The van der Waals surface area contributed by atoms with Crippen molar-refractivity contribution in [2.75, 3.05) is 5.32 Å². The summed E-state index contributed by atoms with van der Waals surface area (Å²) in [5, 5.41) is 12.6. The molecule has 0 radical (unpaired) electrons. The number of hydrogen-bond acceptors (Lipinski definition) is 6. The Balaban J connectivity index is 1.92. The van der Waals surface area contributed by atoms with Gasteiger partial charge in [0.1, 0.15) is 0 Å². The smallest absolute Gasteiger partial charge is 0.349 e. The van der Waals surface area contributed by atoms with E-state index < -0.39 is 36.0 Å². The van der Waals surface area contributed by atoms with Crippen LogP contribution in [0.1, 0.15) is 31.8 Å². The van der Waals surface area contributed by atoms with Crippen molar-refractivity contribution in [1.82, 2.24) is 0 Å². The minimum Gasteiger partial charge on any atom is -0.478 e. The first kappa shape index (κ1) is 25.5. The molecular formula is C26H22ClNO7. The normalized spacial score (nSPS) is 12.2. The van der Waals surface area contributed by atoms with Gasteiger partial charge in [0.05, 0.1) is 11.1 Å². The molecule has 180 valence electrons. The Bertz CT molecular complexity index is 1270. The molecular weight excluding hydrogens is 474 g/mol. The average Bonchev–Trinajstić information content (AvgIpc) is 2.80. The topological polar surface area (TPSA) is 119 Å². The van der Waals surface area contributed by atoms with Gasteiger partial charge in [0.15, 0.2) is 0 Å². The van der Waals surface area contributed by atoms with E-state index in [0.717, 1.165) is 11.1 Å². The third-order valence-corrected chi connectivity index (χ3v) is 5.08. The summed E-state index contributed by atoms with van der Waals surface area (Å²) >= 11 is 5.95. The molecule has 9 heteroatoms. The number of benzene rings is 3. The molecule has 0 spiro atoms. The van der Waals surface area contributed by atoms with Crippen LogP contribution in [0.4, 0.5) is 5.69 Å². The second kappa shape index (κ2) is 11.3. The minimum atomic E-state index is -2.13. The van der Waals surface area contributed by atoms with Gasteiger partial charge in [0.25, 0.3) is 5.91 Å². The summed E-state index contributed by atoms with van der Waals surface area (Å²) in [6.07, 6.45) is -4.13. The van der Waals surface area contributed by atoms with Crippen LogP contribution < -0.4 is 5.32 Å². The van der Waals surface area contributed by atoms with Gasteiger partial charge in [-0.3, -0.25) is 4.79 Å². The zero-order chi connectivity index (χ0) is 25.5. The summed E-state index contributed by atoms with van der Waals surface area (Å²) in [4.78, 5) is 50.6. The Hall–Kier alpha value is -4.17. The lowest BCUT2D eigenvalue weighted by atomic mass is 10.1. The molecule has 0 bridgehead atoms. The van der Waals surface area contributed by atoms with Crippen molar-refractivity contribution in [3.8, 4) is 0 Å². The van der Waals surface area contributed by atoms with E-state index in [1.807, 2.05) is 0 Å². The monoisotopic (exact) mass is 495 g/mol. The number of carboxylic acids is 1. The molecule has 3 aromatic carbocycles. The van der Waals surface area contributed by atoms with Crippen LogP contribution in [-0.2, 0) is 19.1 Å². The molecule has 0 unspecified atom stereocenters. The average molecular weight is 496 g/mol. The first-order valence-electron chi connectivity index (χ1n) is 10.5. The summed E-state index contributed by atoms with van der Waals surface area (Å²) in [5.74, 6) is -4.64. The lowest BCUT2D eigenvalue weighted by Crippen LogP contribution is -2.48. The van der Waals surface area contributed by atoms with Gasteiger partial charge in [0.2, 0.25) is 12.2 Å². The number of esters is 2. The number of aliphatic carboxylic acids is 1. The quantitative estimate of drug-likeness (QED) is 0.443. The number of ether oxygens (including phenoxy) is 2. The van der Waals surface area contributed by atoms with Crippen molar-refractivity contribution in [1.29, 1.82) is 0 Å². The van der Waals surface area contributed by atoms with Crippen molar-refractivity contribution in [3.63, 3.8) is 0 Å². The van der Waals surface area contributed by atoms with Gasteiger partial charge in [-0.2, -0.15) is 0 Å². The van der Waals surface area contributed by atoms with E-state index >= 15 is 0 Å². The van der Waals surface area contributed by atoms with Gasteiger partial charge >= 0.3 is 17.9 Å². The molecule has 0 saturated carbocycles. The van der Waals surface area contributed by atoms with E-state index in [1.54, 1.807) is 50.2 Å². The Labute approximate surface area is 206 Å². The van der Waals surface area contributed by atoms with Crippen molar-refractivity contribution in [3.05, 3.63) is 100 Å². The Kier molecular flexibility index (Phi) is 8.22. The molecule has 0 saturated heterocycles. The van der Waals surface area contributed by atoms with Crippen LogP contribution >= 0.6 is 11.6 Å². The van der Waals surface area contributed by atoms with E-state index in [9.17, 15) is 24.3 Å². The van der Waals surface area contributed by atoms with Crippen LogP contribution in [0, 0.1) is 13.8 Å². The van der Waals surface area contributed by atoms with Crippen LogP contribution in [0.25, 0.3) is 0 Å². The molecule has 0 aliphatic carbocycles. The summed E-state index contributed by atoms with van der Waals surface area (Å²) in [6, 6.07) is 18.7. The molecule has 2 atom stereocenters. The molecule has 3 aromatic rings. The van der Waals surface area contributed by atoms with Crippen LogP contribution in [0.5, 0.6) is 0 Å². The van der Waals surface area contributed by atoms with Gasteiger partial charge in [-0.15, -0.1) is 0 Å². The third kappa shape index (κ3) is 6.91. The lowest BCUT2D eigenvalue weighted by Gasteiger charge is -2.23. The van der Waals surface area contributed by atoms with E-state index in [4.69, 9.17) is 21.1 Å². The highest BCUT2D eigenvalue weighted by Crippen LogP contribution is 2.19. The van der Waals surface area contributed by atoms with Crippen molar-refractivity contribution in [2.45, 2.75) is 26.1 Å². The first-order valence-corrected chi connectivity index (χ1v) is 10.9. The number of hydrogen-bond donors (Lipinski definition) is 2. The maximum Gasteiger partial charge on any atom is 0.349 e. The number of rotatable bonds is 8. The third-order valence-electron chi connectivity index (χ3n) is 4.84. The lowest BCUT2D eigenvalue weighted by molar-refractivity contribution is -0.157. The molecule has 0 aliphatic rings. The zero-order valence-corrected chi connectivity index (χ0v) is 19.6. The highest BCUT2D eigenvalue weighted by Gasteiger charge is 2.41. The number of amides is 1. The number of carbonyl (C=O) groups excluding carboxylic acids is 3. The number of nitrogens with one attached hydrogen (secondary N) is 1. The fraction of sp³-hybridized carbons (Fsp3) is 0.154. The van der Waals surface area contributed by atoms with Crippen molar-refractivity contribution < 1.29 is 33.8 Å². The maximum atomic E-state index is 13.1. The fourth-order valence-electron chi connectivity index (χ4n) is 3.18. The van der Waals surface area contributed by atoms with Gasteiger partial charge in [-0.25, -0.2) is 14.4 Å². The number of carboxylic acid groups (broad SMARTS) is 1. The van der Waals surface area contributed by atoms with Crippen molar-refractivity contribution >= 4 is 41.1 Å². The summed E-state index contributed by atoms with van der Waals surface area (Å²) in [7, 11) is 0. The second-order valence-corrected chi connectivity index (χ2v) is 8.17. The maximum absolute atomic E-state index is 13.1.